The van der Waals surface area contributed by atoms with Crippen molar-refractivity contribution < 1.29 is 14.5 Å². The lowest BCUT2D eigenvalue weighted by Gasteiger charge is -2.06. The van der Waals surface area contributed by atoms with Crippen LogP contribution in [0.3, 0.4) is 0 Å². The zero-order chi connectivity index (χ0) is 14.7. The minimum absolute atomic E-state index is 0.00865. The first-order chi connectivity index (χ1) is 9.52. The Balaban J connectivity index is 2.44. The lowest BCUT2D eigenvalue weighted by molar-refractivity contribution is -0.384. The molecule has 1 aromatic carbocycles. The molecule has 0 N–H and O–H groups in total. The lowest BCUT2D eigenvalue weighted by Crippen LogP contribution is -2.03. The molecule has 0 aliphatic heterocycles. The fraction of sp³-hybridized carbons (Fsp3) is 0.231. The molecule has 7 heteroatoms. The van der Waals surface area contributed by atoms with Crippen LogP contribution in [0, 0.1) is 10.1 Å². The van der Waals surface area contributed by atoms with Crippen molar-refractivity contribution >= 4 is 11.5 Å². The summed E-state index contributed by atoms with van der Waals surface area (Å²) in [7, 11) is 0. The smallest absolute Gasteiger partial charge is 0.269 e. The molecule has 0 saturated heterocycles. The molecule has 2 aromatic rings. The van der Waals surface area contributed by atoms with Crippen LogP contribution < -0.4 is 4.74 Å². The fourth-order valence-corrected chi connectivity index (χ4v) is 1.69. The summed E-state index contributed by atoms with van der Waals surface area (Å²) in [6.07, 6.45) is 0. The van der Waals surface area contributed by atoms with Gasteiger partial charge < -0.3 is 4.74 Å². The van der Waals surface area contributed by atoms with E-state index in [2.05, 4.69) is 5.10 Å². The van der Waals surface area contributed by atoms with Crippen LogP contribution in [0.25, 0.3) is 5.69 Å². The Morgan fingerprint density at radius 3 is 2.55 bits per heavy atom. The number of nitro benzene ring substituents is 1. The predicted molar refractivity (Wildman–Crippen MR) is 71.4 cm³/mol. The standard InChI is InChI=1S/C13H13N3O4/c1-3-20-13-8-12(9(2)17)14-15(13)10-4-6-11(7-5-10)16(18)19/h4-8H,3H2,1-2H3. The summed E-state index contributed by atoms with van der Waals surface area (Å²) in [5.41, 5.74) is 0.865. The molecule has 0 saturated carbocycles. The average molecular weight is 275 g/mol. The van der Waals surface area contributed by atoms with Crippen LogP contribution in [0.4, 0.5) is 5.69 Å². The van der Waals surface area contributed by atoms with Crippen molar-refractivity contribution in [1.82, 2.24) is 9.78 Å². The molecule has 0 fully saturated rings. The van der Waals surface area contributed by atoms with Crippen LogP contribution in [0.15, 0.2) is 30.3 Å². The van der Waals surface area contributed by atoms with Crippen molar-refractivity contribution in [3.63, 3.8) is 0 Å². The van der Waals surface area contributed by atoms with E-state index >= 15 is 0 Å². The Morgan fingerprint density at radius 1 is 1.40 bits per heavy atom. The molecule has 0 amide bonds. The second kappa shape index (κ2) is 5.52. The maximum absolute atomic E-state index is 11.4. The van der Waals surface area contributed by atoms with Crippen molar-refractivity contribution in [3.05, 3.63) is 46.1 Å². The maximum Gasteiger partial charge on any atom is 0.269 e. The normalized spacial score (nSPS) is 10.3. The van der Waals surface area contributed by atoms with Crippen molar-refractivity contribution in [2.45, 2.75) is 13.8 Å². The Labute approximate surface area is 114 Å². The number of Topliss-reactive ketones (excluding diaryl/α,β-unsaturated/α-hetero) is 1. The molecule has 1 heterocycles. The average Bonchev–Trinajstić information content (AvgIpc) is 2.83. The van der Waals surface area contributed by atoms with Crippen molar-refractivity contribution in [2.75, 3.05) is 6.61 Å². The number of nitro groups is 1. The summed E-state index contributed by atoms with van der Waals surface area (Å²) in [5.74, 6) is 0.248. The van der Waals surface area contributed by atoms with Crippen LogP contribution in [0.5, 0.6) is 5.88 Å². The van der Waals surface area contributed by atoms with E-state index in [9.17, 15) is 14.9 Å². The highest BCUT2D eigenvalue weighted by molar-refractivity contribution is 5.92. The highest BCUT2D eigenvalue weighted by Gasteiger charge is 2.14. The van der Waals surface area contributed by atoms with Gasteiger partial charge in [-0.05, 0) is 19.1 Å². The van der Waals surface area contributed by atoms with Gasteiger partial charge in [0.25, 0.3) is 5.69 Å². The van der Waals surface area contributed by atoms with E-state index < -0.39 is 4.92 Å². The van der Waals surface area contributed by atoms with Crippen molar-refractivity contribution in [2.24, 2.45) is 0 Å². The minimum atomic E-state index is -0.475. The van der Waals surface area contributed by atoms with E-state index in [4.69, 9.17) is 4.74 Å². The third kappa shape index (κ3) is 2.66. The molecule has 0 atom stereocenters. The zero-order valence-corrected chi connectivity index (χ0v) is 11.1. The predicted octanol–water partition coefficient (Wildman–Crippen LogP) is 2.38. The van der Waals surface area contributed by atoms with Gasteiger partial charge in [0.05, 0.1) is 17.2 Å². The van der Waals surface area contributed by atoms with Crippen LogP contribution in [-0.2, 0) is 0 Å². The van der Waals surface area contributed by atoms with Gasteiger partial charge >= 0.3 is 0 Å². The molecule has 104 valence electrons. The van der Waals surface area contributed by atoms with E-state index in [-0.39, 0.29) is 17.2 Å². The topological polar surface area (TPSA) is 87.3 Å². The van der Waals surface area contributed by atoms with Crippen LogP contribution in [-0.4, -0.2) is 27.1 Å². The Kier molecular flexibility index (Phi) is 3.79. The number of hydrogen-bond donors (Lipinski definition) is 0. The Bertz CT molecular complexity index is 646. The van der Waals surface area contributed by atoms with E-state index in [1.54, 1.807) is 18.2 Å². The van der Waals surface area contributed by atoms with Gasteiger partial charge in [-0.3, -0.25) is 14.9 Å². The monoisotopic (exact) mass is 275 g/mol. The van der Waals surface area contributed by atoms with Gasteiger partial charge in [0.1, 0.15) is 5.69 Å². The second-order valence-electron chi connectivity index (χ2n) is 4.04. The number of nitrogens with zero attached hydrogens (tertiary/aromatic N) is 3. The van der Waals surface area contributed by atoms with Crippen LogP contribution >= 0.6 is 0 Å². The lowest BCUT2D eigenvalue weighted by atomic mass is 10.3. The summed E-state index contributed by atoms with van der Waals surface area (Å²) in [6, 6.07) is 7.41. The molecular formula is C13H13N3O4. The van der Waals surface area contributed by atoms with E-state index in [1.807, 2.05) is 6.92 Å². The van der Waals surface area contributed by atoms with Gasteiger partial charge in [-0.2, -0.15) is 5.10 Å². The number of ketones is 1. The molecule has 1 aromatic heterocycles. The van der Waals surface area contributed by atoms with Crippen LogP contribution in [0.2, 0.25) is 0 Å². The number of hydrogen-bond acceptors (Lipinski definition) is 5. The van der Waals surface area contributed by atoms with E-state index in [0.29, 0.717) is 18.2 Å². The van der Waals surface area contributed by atoms with Gasteiger partial charge in [-0.15, -0.1) is 0 Å². The summed E-state index contributed by atoms with van der Waals surface area (Å²) < 4.78 is 6.86. The Morgan fingerprint density at radius 2 is 2.05 bits per heavy atom. The van der Waals surface area contributed by atoms with Crippen molar-refractivity contribution in [1.29, 1.82) is 0 Å². The molecular weight excluding hydrogens is 262 g/mol. The number of ether oxygens (including phenoxy) is 1. The van der Waals surface area contributed by atoms with Crippen molar-refractivity contribution in [3.8, 4) is 11.6 Å². The molecule has 0 aliphatic rings. The number of non-ortho nitro benzene ring substituents is 1. The zero-order valence-electron chi connectivity index (χ0n) is 11.1. The van der Waals surface area contributed by atoms with Gasteiger partial charge in [0.15, 0.2) is 5.78 Å². The molecule has 0 spiro atoms. The first kappa shape index (κ1) is 13.7. The maximum atomic E-state index is 11.4. The highest BCUT2D eigenvalue weighted by Crippen LogP contribution is 2.22. The summed E-state index contributed by atoms with van der Waals surface area (Å²) in [5, 5.41) is 14.8. The largest absolute Gasteiger partial charge is 0.478 e. The molecule has 0 aliphatic carbocycles. The SMILES string of the molecule is CCOc1cc(C(C)=O)nn1-c1ccc([N+](=O)[O-])cc1. The van der Waals surface area contributed by atoms with Gasteiger partial charge in [-0.1, -0.05) is 0 Å². The Hall–Kier alpha value is -2.70. The number of rotatable bonds is 5. The van der Waals surface area contributed by atoms with Gasteiger partial charge in [-0.25, -0.2) is 4.68 Å². The number of carbonyl (C=O) groups excluding carboxylic acids is 1. The summed E-state index contributed by atoms with van der Waals surface area (Å²) in [4.78, 5) is 21.5. The quantitative estimate of drug-likeness (QED) is 0.475. The highest BCUT2D eigenvalue weighted by atomic mass is 16.6. The van der Waals surface area contributed by atoms with Gasteiger partial charge in [0.2, 0.25) is 5.88 Å². The second-order valence-corrected chi connectivity index (χ2v) is 4.04. The van der Waals surface area contributed by atoms with E-state index in [0.717, 1.165) is 0 Å². The molecule has 2 rings (SSSR count). The minimum Gasteiger partial charge on any atom is -0.478 e. The van der Waals surface area contributed by atoms with Crippen LogP contribution in [0.1, 0.15) is 24.3 Å². The molecule has 0 bridgehead atoms. The molecule has 0 unspecified atom stereocenters. The summed E-state index contributed by atoms with van der Waals surface area (Å²) in [6.45, 7) is 3.66. The third-order valence-corrected chi connectivity index (χ3v) is 2.63. The molecule has 7 nitrogen and oxygen atoms in total. The third-order valence-electron chi connectivity index (χ3n) is 2.63. The number of aromatic nitrogens is 2. The number of benzene rings is 1. The first-order valence-electron chi connectivity index (χ1n) is 6.01. The first-order valence-corrected chi connectivity index (χ1v) is 6.01. The fourth-order valence-electron chi connectivity index (χ4n) is 1.69. The summed E-state index contributed by atoms with van der Waals surface area (Å²) >= 11 is 0. The molecule has 0 radical (unpaired) electrons. The molecule has 20 heavy (non-hydrogen) atoms. The number of carbonyl (C=O) groups is 1. The van der Waals surface area contributed by atoms with E-state index in [1.165, 1.54) is 23.7 Å². The van der Waals surface area contributed by atoms with Gasteiger partial charge in [0, 0.05) is 25.1 Å².